The summed E-state index contributed by atoms with van der Waals surface area (Å²) in [6.45, 7) is 4.43. The Morgan fingerprint density at radius 3 is 2.80 bits per heavy atom. The minimum absolute atomic E-state index is 0.107. The quantitative estimate of drug-likeness (QED) is 0.552. The van der Waals surface area contributed by atoms with Gasteiger partial charge in [0.15, 0.2) is 5.96 Å². The van der Waals surface area contributed by atoms with Crippen LogP contribution in [0.3, 0.4) is 0 Å². The summed E-state index contributed by atoms with van der Waals surface area (Å²) >= 11 is 0. The maximum atomic E-state index is 13.9. The number of aliphatic imine (C=N–C) groups is 1. The molecule has 132 valence electrons. The standard InChI is InChI=1S/C18H21FN4O2/c1-3-21-17(23-12-18(2,24)16-5-4-8-25-16)22-11-14-7-6-13(10-20)9-15(14)19/h4-9,24H,3,11-12H2,1-2H3,(H2,21,22,23). The molecule has 1 atom stereocenters. The van der Waals surface area contributed by atoms with E-state index < -0.39 is 11.4 Å². The molecule has 3 N–H and O–H groups in total. The van der Waals surface area contributed by atoms with Crippen LogP contribution in [0.5, 0.6) is 0 Å². The molecule has 0 saturated carbocycles. The molecule has 1 unspecified atom stereocenters. The van der Waals surface area contributed by atoms with E-state index in [1.807, 2.05) is 13.0 Å². The van der Waals surface area contributed by atoms with Crippen molar-refractivity contribution in [3.05, 3.63) is 59.3 Å². The molecule has 0 aliphatic carbocycles. The Bertz CT molecular complexity index is 764. The third kappa shape index (κ3) is 5.06. The van der Waals surface area contributed by atoms with Crippen LogP contribution in [-0.4, -0.2) is 24.2 Å². The number of guanidine groups is 1. The summed E-state index contributed by atoms with van der Waals surface area (Å²) in [5.74, 6) is 0.410. The fraction of sp³-hybridized carbons (Fsp3) is 0.333. The topological polar surface area (TPSA) is 93.6 Å². The van der Waals surface area contributed by atoms with Crippen molar-refractivity contribution >= 4 is 5.96 Å². The van der Waals surface area contributed by atoms with E-state index in [-0.39, 0.29) is 18.7 Å². The summed E-state index contributed by atoms with van der Waals surface area (Å²) < 4.78 is 19.2. The molecule has 2 rings (SSSR count). The fourth-order valence-corrected chi connectivity index (χ4v) is 2.18. The van der Waals surface area contributed by atoms with Crippen molar-refractivity contribution in [3.63, 3.8) is 0 Å². The smallest absolute Gasteiger partial charge is 0.191 e. The lowest BCUT2D eigenvalue weighted by atomic mass is 10.0. The Kier molecular flexibility index (Phi) is 6.14. The van der Waals surface area contributed by atoms with Crippen LogP contribution < -0.4 is 10.6 Å². The van der Waals surface area contributed by atoms with Gasteiger partial charge in [-0.25, -0.2) is 9.38 Å². The molecule has 1 aromatic heterocycles. The van der Waals surface area contributed by atoms with E-state index in [0.29, 0.717) is 23.8 Å². The maximum absolute atomic E-state index is 13.9. The van der Waals surface area contributed by atoms with Crippen LogP contribution in [0.25, 0.3) is 0 Å². The van der Waals surface area contributed by atoms with Gasteiger partial charge in [0.25, 0.3) is 0 Å². The summed E-state index contributed by atoms with van der Waals surface area (Å²) in [7, 11) is 0. The SMILES string of the molecule is CCNC(=NCc1ccc(C#N)cc1F)NCC(C)(O)c1ccco1. The van der Waals surface area contributed by atoms with Gasteiger partial charge in [0.1, 0.15) is 17.2 Å². The first-order chi connectivity index (χ1) is 12.0. The average Bonchev–Trinajstić information content (AvgIpc) is 3.13. The fourth-order valence-electron chi connectivity index (χ4n) is 2.18. The molecular weight excluding hydrogens is 323 g/mol. The predicted octanol–water partition coefficient (Wildman–Crippen LogP) is 2.25. The molecule has 0 radical (unpaired) electrons. The molecule has 0 amide bonds. The van der Waals surface area contributed by atoms with Crippen LogP contribution in [0.15, 0.2) is 46.0 Å². The van der Waals surface area contributed by atoms with E-state index in [1.165, 1.54) is 12.3 Å². The molecule has 0 fully saturated rings. The Hall–Kier alpha value is -2.85. The van der Waals surface area contributed by atoms with Crippen LogP contribution in [0.4, 0.5) is 4.39 Å². The van der Waals surface area contributed by atoms with Gasteiger partial charge in [-0.2, -0.15) is 5.26 Å². The second-order valence-electron chi connectivity index (χ2n) is 5.72. The Morgan fingerprint density at radius 1 is 1.40 bits per heavy atom. The van der Waals surface area contributed by atoms with Gasteiger partial charge >= 0.3 is 0 Å². The lowest BCUT2D eigenvalue weighted by Gasteiger charge is -2.22. The van der Waals surface area contributed by atoms with Gasteiger partial charge in [0.05, 0.1) is 31.0 Å². The molecule has 6 nitrogen and oxygen atoms in total. The van der Waals surface area contributed by atoms with Crippen molar-refractivity contribution in [2.24, 2.45) is 4.99 Å². The van der Waals surface area contributed by atoms with Gasteiger partial charge in [-0.15, -0.1) is 0 Å². The highest BCUT2D eigenvalue weighted by Gasteiger charge is 2.26. The first kappa shape index (κ1) is 18.5. The Morgan fingerprint density at radius 2 is 2.20 bits per heavy atom. The first-order valence-corrected chi connectivity index (χ1v) is 7.93. The van der Waals surface area contributed by atoms with Crippen LogP contribution >= 0.6 is 0 Å². The van der Waals surface area contributed by atoms with Gasteiger partial charge in [0.2, 0.25) is 0 Å². The first-order valence-electron chi connectivity index (χ1n) is 7.93. The van der Waals surface area contributed by atoms with Crippen molar-refractivity contribution < 1.29 is 13.9 Å². The van der Waals surface area contributed by atoms with Gasteiger partial charge in [-0.1, -0.05) is 6.07 Å². The minimum atomic E-state index is -1.21. The number of nitrogens with one attached hydrogen (secondary N) is 2. The molecular formula is C18H21FN4O2. The monoisotopic (exact) mass is 344 g/mol. The van der Waals surface area contributed by atoms with E-state index in [9.17, 15) is 9.50 Å². The summed E-state index contributed by atoms with van der Waals surface area (Å²) in [5, 5.41) is 25.3. The second kappa shape index (κ2) is 8.31. The number of halogens is 1. The van der Waals surface area contributed by atoms with Crippen molar-refractivity contribution in [2.45, 2.75) is 26.0 Å². The molecule has 7 heteroatoms. The van der Waals surface area contributed by atoms with Crippen LogP contribution in [0.1, 0.15) is 30.7 Å². The molecule has 25 heavy (non-hydrogen) atoms. The second-order valence-corrected chi connectivity index (χ2v) is 5.72. The summed E-state index contributed by atoms with van der Waals surface area (Å²) in [5.41, 5.74) is -0.557. The van der Waals surface area contributed by atoms with E-state index >= 15 is 0 Å². The summed E-state index contributed by atoms with van der Waals surface area (Å²) in [6, 6.07) is 9.57. The lowest BCUT2D eigenvalue weighted by molar-refractivity contribution is 0.0386. The molecule has 0 spiro atoms. The third-order valence-electron chi connectivity index (χ3n) is 3.59. The minimum Gasteiger partial charge on any atom is -0.466 e. The van der Waals surface area contributed by atoms with E-state index in [0.717, 1.165) is 0 Å². The van der Waals surface area contributed by atoms with Gasteiger partial charge in [-0.05, 0) is 38.1 Å². The Labute approximate surface area is 146 Å². The van der Waals surface area contributed by atoms with E-state index in [2.05, 4.69) is 15.6 Å². The van der Waals surface area contributed by atoms with E-state index in [4.69, 9.17) is 9.68 Å². The Balaban J connectivity index is 2.05. The number of aliphatic hydroxyl groups is 1. The normalized spacial score (nSPS) is 13.8. The highest BCUT2D eigenvalue weighted by molar-refractivity contribution is 5.79. The average molecular weight is 344 g/mol. The van der Waals surface area contributed by atoms with Crippen LogP contribution in [0.2, 0.25) is 0 Å². The van der Waals surface area contributed by atoms with Crippen molar-refractivity contribution in [1.29, 1.82) is 5.26 Å². The van der Waals surface area contributed by atoms with Gasteiger partial charge in [-0.3, -0.25) is 0 Å². The molecule has 1 aromatic carbocycles. The number of hydrogen-bond donors (Lipinski definition) is 3. The van der Waals surface area contributed by atoms with E-state index in [1.54, 1.807) is 31.2 Å². The number of hydrogen-bond acceptors (Lipinski definition) is 4. The number of benzene rings is 1. The zero-order valence-corrected chi connectivity index (χ0v) is 14.2. The maximum Gasteiger partial charge on any atom is 0.191 e. The van der Waals surface area contributed by atoms with Crippen molar-refractivity contribution in [3.8, 4) is 6.07 Å². The number of nitrogens with zero attached hydrogens (tertiary/aromatic N) is 2. The molecule has 0 saturated heterocycles. The van der Waals surface area contributed by atoms with Crippen LogP contribution in [-0.2, 0) is 12.1 Å². The zero-order chi connectivity index (χ0) is 18.3. The summed E-state index contributed by atoms with van der Waals surface area (Å²) in [4.78, 5) is 4.31. The van der Waals surface area contributed by atoms with Gasteiger partial charge in [0, 0.05) is 12.1 Å². The molecule has 1 heterocycles. The zero-order valence-electron chi connectivity index (χ0n) is 14.2. The highest BCUT2D eigenvalue weighted by atomic mass is 19.1. The summed E-state index contributed by atoms with van der Waals surface area (Å²) in [6.07, 6.45) is 1.50. The molecule has 0 aliphatic rings. The largest absolute Gasteiger partial charge is 0.466 e. The van der Waals surface area contributed by atoms with Gasteiger partial charge < -0.3 is 20.2 Å². The predicted molar refractivity (Wildman–Crippen MR) is 92.2 cm³/mol. The number of furan rings is 1. The lowest BCUT2D eigenvalue weighted by Crippen LogP contribution is -2.44. The number of rotatable bonds is 6. The van der Waals surface area contributed by atoms with Crippen LogP contribution in [0, 0.1) is 17.1 Å². The molecule has 2 aromatic rings. The van der Waals surface area contributed by atoms with Crippen molar-refractivity contribution in [1.82, 2.24) is 10.6 Å². The number of nitriles is 1. The highest BCUT2D eigenvalue weighted by Crippen LogP contribution is 2.19. The van der Waals surface area contributed by atoms with Crippen molar-refractivity contribution in [2.75, 3.05) is 13.1 Å². The molecule has 0 aliphatic heterocycles. The molecule has 0 bridgehead atoms. The third-order valence-corrected chi connectivity index (χ3v) is 3.59.